The average molecular weight is 288 g/mol. The lowest BCUT2D eigenvalue weighted by Crippen LogP contribution is -2.24. The van der Waals surface area contributed by atoms with Crippen molar-refractivity contribution < 1.29 is 9.50 Å². The van der Waals surface area contributed by atoms with Gasteiger partial charge in [0.25, 0.3) is 0 Å². The summed E-state index contributed by atoms with van der Waals surface area (Å²) >= 11 is 0. The van der Waals surface area contributed by atoms with Gasteiger partial charge in [-0.15, -0.1) is 0 Å². The number of nitrogens with zero attached hydrogens (tertiary/aromatic N) is 2. The fourth-order valence-electron chi connectivity index (χ4n) is 2.47. The molecule has 2 aromatic rings. The Morgan fingerprint density at radius 3 is 2.57 bits per heavy atom. The summed E-state index contributed by atoms with van der Waals surface area (Å²) in [7, 11) is 0. The maximum atomic E-state index is 14.0. The summed E-state index contributed by atoms with van der Waals surface area (Å²) in [4.78, 5) is 6.51. The summed E-state index contributed by atoms with van der Waals surface area (Å²) in [6.45, 7) is 6.83. The number of hydrogen-bond donors (Lipinski definition) is 1. The normalized spacial score (nSPS) is 12.2. The van der Waals surface area contributed by atoms with E-state index in [0.29, 0.717) is 18.7 Å². The van der Waals surface area contributed by atoms with E-state index in [4.69, 9.17) is 0 Å². The molecule has 1 heterocycles. The highest BCUT2D eigenvalue weighted by Crippen LogP contribution is 2.29. The van der Waals surface area contributed by atoms with Gasteiger partial charge in [-0.05, 0) is 45.0 Å². The van der Waals surface area contributed by atoms with Crippen molar-refractivity contribution >= 4 is 5.69 Å². The maximum absolute atomic E-state index is 14.0. The molecule has 0 radical (unpaired) electrons. The zero-order valence-electron chi connectivity index (χ0n) is 12.7. The summed E-state index contributed by atoms with van der Waals surface area (Å²) in [5, 5.41) is 9.86. The molecule has 4 heteroatoms. The molecule has 0 aliphatic carbocycles. The smallest absolute Gasteiger partial charge is 0.131 e. The Morgan fingerprint density at radius 1 is 1.24 bits per heavy atom. The highest BCUT2D eigenvalue weighted by molar-refractivity contribution is 5.55. The highest BCUT2D eigenvalue weighted by Gasteiger charge is 2.18. The standard InChI is InChI=1S/C17H21FN2O/c1-4-20(11-14-8-5-7-12(2)19-14)16-10-6-9-15(18)17(16)13(3)21/h5-10,13,21H,4,11H2,1-3H3. The summed E-state index contributed by atoms with van der Waals surface area (Å²) in [5.41, 5.74) is 2.94. The zero-order chi connectivity index (χ0) is 15.4. The van der Waals surface area contributed by atoms with Gasteiger partial charge in [0.1, 0.15) is 5.82 Å². The Kier molecular flexibility index (Phi) is 4.91. The number of anilines is 1. The molecular weight excluding hydrogens is 267 g/mol. The van der Waals surface area contributed by atoms with Gasteiger partial charge < -0.3 is 10.0 Å². The summed E-state index contributed by atoms with van der Waals surface area (Å²) < 4.78 is 14.0. The lowest BCUT2D eigenvalue weighted by molar-refractivity contribution is 0.194. The number of benzene rings is 1. The van der Waals surface area contributed by atoms with E-state index in [1.165, 1.54) is 6.07 Å². The number of hydrogen-bond acceptors (Lipinski definition) is 3. The number of aliphatic hydroxyl groups is 1. The van der Waals surface area contributed by atoms with Gasteiger partial charge in [0.05, 0.1) is 18.3 Å². The van der Waals surface area contributed by atoms with Crippen LogP contribution in [0.3, 0.4) is 0 Å². The van der Waals surface area contributed by atoms with Crippen molar-refractivity contribution in [3.8, 4) is 0 Å². The van der Waals surface area contributed by atoms with Crippen molar-refractivity contribution in [3.05, 3.63) is 59.2 Å². The number of aliphatic hydroxyl groups excluding tert-OH is 1. The molecule has 0 bridgehead atoms. The molecule has 0 aliphatic heterocycles. The third-order valence-corrected chi connectivity index (χ3v) is 3.47. The Labute approximate surface area is 125 Å². The minimum absolute atomic E-state index is 0.340. The van der Waals surface area contributed by atoms with Gasteiger partial charge >= 0.3 is 0 Å². The fraction of sp³-hybridized carbons (Fsp3) is 0.353. The van der Waals surface area contributed by atoms with Crippen LogP contribution in [0, 0.1) is 12.7 Å². The minimum atomic E-state index is -0.847. The van der Waals surface area contributed by atoms with Crippen molar-refractivity contribution in [1.29, 1.82) is 0 Å². The van der Waals surface area contributed by atoms with Crippen LogP contribution in [0.15, 0.2) is 36.4 Å². The summed E-state index contributed by atoms with van der Waals surface area (Å²) in [5.74, 6) is -0.377. The fourth-order valence-corrected chi connectivity index (χ4v) is 2.47. The molecule has 0 fully saturated rings. The van der Waals surface area contributed by atoms with E-state index >= 15 is 0 Å². The van der Waals surface area contributed by atoms with Gasteiger partial charge in [-0.3, -0.25) is 4.98 Å². The van der Waals surface area contributed by atoms with Crippen LogP contribution in [-0.2, 0) is 6.54 Å². The Morgan fingerprint density at radius 2 is 1.95 bits per heavy atom. The van der Waals surface area contributed by atoms with E-state index in [2.05, 4.69) is 4.98 Å². The predicted molar refractivity (Wildman–Crippen MR) is 82.7 cm³/mol. The molecule has 1 aromatic heterocycles. The minimum Gasteiger partial charge on any atom is -0.389 e. The molecule has 0 saturated carbocycles. The molecule has 0 spiro atoms. The quantitative estimate of drug-likeness (QED) is 0.913. The van der Waals surface area contributed by atoms with Crippen LogP contribution in [0.25, 0.3) is 0 Å². The molecule has 1 unspecified atom stereocenters. The van der Waals surface area contributed by atoms with Crippen LogP contribution in [0.2, 0.25) is 0 Å². The number of rotatable bonds is 5. The van der Waals surface area contributed by atoms with Crippen molar-refractivity contribution in [1.82, 2.24) is 4.98 Å². The average Bonchev–Trinajstić information content (AvgIpc) is 2.44. The van der Waals surface area contributed by atoms with E-state index in [0.717, 1.165) is 17.1 Å². The van der Waals surface area contributed by atoms with E-state index in [-0.39, 0.29) is 5.82 Å². The van der Waals surface area contributed by atoms with Gasteiger partial charge in [-0.25, -0.2) is 4.39 Å². The van der Waals surface area contributed by atoms with Crippen LogP contribution >= 0.6 is 0 Å². The van der Waals surface area contributed by atoms with Gasteiger partial charge in [-0.2, -0.15) is 0 Å². The summed E-state index contributed by atoms with van der Waals surface area (Å²) in [6.07, 6.45) is -0.847. The second kappa shape index (κ2) is 6.68. The van der Waals surface area contributed by atoms with E-state index in [1.54, 1.807) is 13.0 Å². The highest BCUT2D eigenvalue weighted by atomic mass is 19.1. The molecule has 2 rings (SSSR count). The molecule has 0 aliphatic rings. The van der Waals surface area contributed by atoms with E-state index < -0.39 is 6.10 Å². The van der Waals surface area contributed by atoms with Crippen molar-refractivity contribution in [2.24, 2.45) is 0 Å². The second-order valence-electron chi connectivity index (χ2n) is 5.13. The van der Waals surface area contributed by atoms with Crippen molar-refractivity contribution in [3.63, 3.8) is 0 Å². The number of aryl methyl sites for hydroxylation is 1. The van der Waals surface area contributed by atoms with E-state index in [1.807, 2.05) is 43.0 Å². The Bertz CT molecular complexity index is 613. The molecule has 1 atom stereocenters. The third-order valence-electron chi connectivity index (χ3n) is 3.47. The molecule has 0 amide bonds. The molecule has 1 N–H and O–H groups in total. The second-order valence-corrected chi connectivity index (χ2v) is 5.13. The molecular formula is C17H21FN2O. The van der Waals surface area contributed by atoms with Crippen molar-refractivity contribution in [2.75, 3.05) is 11.4 Å². The molecule has 112 valence electrons. The lowest BCUT2D eigenvalue weighted by Gasteiger charge is -2.26. The van der Waals surface area contributed by atoms with Crippen LogP contribution in [-0.4, -0.2) is 16.6 Å². The largest absolute Gasteiger partial charge is 0.389 e. The third kappa shape index (κ3) is 3.58. The van der Waals surface area contributed by atoms with E-state index in [9.17, 15) is 9.50 Å². The lowest BCUT2D eigenvalue weighted by atomic mass is 10.1. The monoisotopic (exact) mass is 288 g/mol. The molecule has 3 nitrogen and oxygen atoms in total. The first-order valence-corrected chi connectivity index (χ1v) is 7.17. The van der Waals surface area contributed by atoms with Crippen LogP contribution in [0.1, 0.15) is 36.9 Å². The first-order chi connectivity index (χ1) is 10.0. The Hall–Kier alpha value is -1.94. The molecule has 1 aromatic carbocycles. The SMILES string of the molecule is CCN(Cc1cccc(C)n1)c1cccc(F)c1C(C)O. The van der Waals surface area contributed by atoms with Gasteiger partial charge in [-0.1, -0.05) is 12.1 Å². The van der Waals surface area contributed by atoms with Gasteiger partial charge in [0.15, 0.2) is 0 Å². The van der Waals surface area contributed by atoms with Crippen molar-refractivity contribution in [2.45, 2.75) is 33.4 Å². The van der Waals surface area contributed by atoms with Gasteiger partial charge in [0, 0.05) is 23.5 Å². The number of pyridine rings is 1. The maximum Gasteiger partial charge on any atom is 0.131 e. The summed E-state index contributed by atoms with van der Waals surface area (Å²) in [6, 6.07) is 10.8. The van der Waals surface area contributed by atoms with Crippen LogP contribution in [0.5, 0.6) is 0 Å². The Balaban J connectivity index is 2.36. The van der Waals surface area contributed by atoms with Crippen LogP contribution < -0.4 is 4.90 Å². The molecule has 21 heavy (non-hydrogen) atoms. The van der Waals surface area contributed by atoms with Gasteiger partial charge in [0.2, 0.25) is 0 Å². The number of halogens is 1. The topological polar surface area (TPSA) is 36.4 Å². The predicted octanol–water partition coefficient (Wildman–Crippen LogP) is 3.61. The first kappa shape index (κ1) is 15.4. The molecule has 0 saturated heterocycles. The first-order valence-electron chi connectivity index (χ1n) is 7.17. The van der Waals surface area contributed by atoms with Crippen LogP contribution in [0.4, 0.5) is 10.1 Å². The zero-order valence-corrected chi connectivity index (χ0v) is 12.7. The number of aromatic nitrogens is 1.